The number of hydrogen-bond donors (Lipinski definition) is 1. The lowest BCUT2D eigenvalue weighted by Gasteiger charge is -2.30. The van der Waals surface area contributed by atoms with Crippen molar-refractivity contribution < 1.29 is 14.3 Å². The number of rotatable bonds is 4. The van der Waals surface area contributed by atoms with Gasteiger partial charge in [-0.3, -0.25) is 4.79 Å². The molecule has 0 radical (unpaired) electrons. The van der Waals surface area contributed by atoms with Crippen LogP contribution in [0.2, 0.25) is 0 Å². The number of ether oxygens (including phenoxy) is 2. The Morgan fingerprint density at radius 1 is 1.21 bits per heavy atom. The molecule has 5 rings (SSSR count). The van der Waals surface area contributed by atoms with Gasteiger partial charge >= 0.3 is 0 Å². The molecule has 150 valence electrons. The third-order valence-corrected chi connectivity index (χ3v) is 5.71. The first-order valence-electron chi connectivity index (χ1n) is 9.77. The highest BCUT2D eigenvalue weighted by molar-refractivity contribution is 5.88. The van der Waals surface area contributed by atoms with Crippen LogP contribution in [0.25, 0.3) is 5.65 Å². The van der Waals surface area contributed by atoms with Crippen molar-refractivity contribution >= 4 is 17.4 Å². The summed E-state index contributed by atoms with van der Waals surface area (Å²) in [7, 11) is 0. The van der Waals surface area contributed by atoms with E-state index in [0.717, 1.165) is 35.7 Å². The average molecular weight is 393 g/mol. The molecule has 1 amide bonds. The molecule has 2 aliphatic rings. The minimum absolute atomic E-state index is 0.110. The van der Waals surface area contributed by atoms with Crippen molar-refractivity contribution in [3.63, 3.8) is 0 Å². The van der Waals surface area contributed by atoms with Crippen LogP contribution in [-0.4, -0.2) is 51.3 Å². The van der Waals surface area contributed by atoms with Crippen molar-refractivity contribution in [2.45, 2.75) is 31.7 Å². The van der Waals surface area contributed by atoms with Crippen LogP contribution in [0, 0.1) is 0 Å². The standard InChI is InChI=1S/C21H23N5O3/c1-21(2,14-3-4-16-17(11-14)29-13-28-16)20(27)25-9-7-15(12-25)23-18-5-6-19-22-8-10-26(19)24-18/h3-6,8,10-11,15H,7,9,12-13H2,1-2H3,(H,23,24). The topological polar surface area (TPSA) is 81.0 Å². The summed E-state index contributed by atoms with van der Waals surface area (Å²) in [6, 6.07) is 9.75. The molecule has 1 fully saturated rings. The fourth-order valence-corrected chi connectivity index (χ4v) is 3.97. The Labute approximate surface area is 168 Å². The van der Waals surface area contributed by atoms with E-state index in [4.69, 9.17) is 9.47 Å². The molecule has 2 aromatic heterocycles. The van der Waals surface area contributed by atoms with E-state index >= 15 is 0 Å². The molecular weight excluding hydrogens is 370 g/mol. The van der Waals surface area contributed by atoms with E-state index < -0.39 is 5.41 Å². The molecule has 1 N–H and O–H groups in total. The summed E-state index contributed by atoms with van der Waals surface area (Å²) < 4.78 is 12.6. The van der Waals surface area contributed by atoms with Crippen LogP contribution in [0.3, 0.4) is 0 Å². The van der Waals surface area contributed by atoms with Crippen LogP contribution in [0.15, 0.2) is 42.7 Å². The molecule has 3 aromatic rings. The van der Waals surface area contributed by atoms with Crippen molar-refractivity contribution in [3.8, 4) is 11.5 Å². The summed E-state index contributed by atoms with van der Waals surface area (Å²) in [5.41, 5.74) is 1.09. The number of imidazole rings is 1. The Morgan fingerprint density at radius 2 is 2.07 bits per heavy atom. The van der Waals surface area contributed by atoms with E-state index in [0.29, 0.717) is 12.3 Å². The van der Waals surface area contributed by atoms with E-state index in [-0.39, 0.29) is 18.7 Å². The van der Waals surface area contributed by atoms with Gasteiger partial charge in [-0.2, -0.15) is 0 Å². The first-order chi connectivity index (χ1) is 14.0. The molecule has 1 unspecified atom stereocenters. The molecular formula is C21H23N5O3. The molecule has 8 nitrogen and oxygen atoms in total. The quantitative estimate of drug-likeness (QED) is 0.733. The number of fused-ring (bicyclic) bond motifs is 2. The average Bonchev–Trinajstić information content (AvgIpc) is 3.46. The summed E-state index contributed by atoms with van der Waals surface area (Å²) in [6.45, 7) is 5.52. The second-order valence-corrected chi connectivity index (χ2v) is 8.02. The van der Waals surface area contributed by atoms with Gasteiger partial charge in [0.2, 0.25) is 12.7 Å². The zero-order valence-corrected chi connectivity index (χ0v) is 16.5. The molecule has 1 aromatic carbocycles. The number of nitrogens with zero attached hydrogens (tertiary/aromatic N) is 4. The number of carbonyl (C=O) groups excluding carboxylic acids is 1. The van der Waals surface area contributed by atoms with Gasteiger partial charge in [-0.1, -0.05) is 6.07 Å². The normalized spacial score (nSPS) is 18.4. The smallest absolute Gasteiger partial charge is 0.232 e. The van der Waals surface area contributed by atoms with Crippen LogP contribution >= 0.6 is 0 Å². The largest absolute Gasteiger partial charge is 0.454 e. The number of nitrogens with one attached hydrogen (secondary N) is 1. The first-order valence-corrected chi connectivity index (χ1v) is 9.77. The van der Waals surface area contributed by atoms with Crippen molar-refractivity contribution in [2.75, 3.05) is 25.2 Å². The van der Waals surface area contributed by atoms with Gasteiger partial charge in [0.05, 0.1) is 5.41 Å². The lowest BCUT2D eigenvalue weighted by molar-refractivity contribution is -0.135. The first kappa shape index (κ1) is 17.8. The Hall–Kier alpha value is -3.29. The number of anilines is 1. The Bertz CT molecular complexity index is 1080. The van der Waals surface area contributed by atoms with Gasteiger partial charge < -0.3 is 19.7 Å². The van der Waals surface area contributed by atoms with Gasteiger partial charge in [-0.05, 0) is 50.1 Å². The molecule has 2 aliphatic heterocycles. The van der Waals surface area contributed by atoms with E-state index in [1.807, 2.05) is 55.3 Å². The van der Waals surface area contributed by atoms with Crippen LogP contribution in [0.5, 0.6) is 11.5 Å². The summed E-state index contributed by atoms with van der Waals surface area (Å²) in [5, 5.41) is 7.95. The van der Waals surface area contributed by atoms with Crippen LogP contribution in [-0.2, 0) is 10.2 Å². The monoisotopic (exact) mass is 393 g/mol. The zero-order valence-electron chi connectivity index (χ0n) is 16.5. The van der Waals surface area contributed by atoms with Gasteiger partial charge in [-0.15, -0.1) is 5.10 Å². The highest BCUT2D eigenvalue weighted by Gasteiger charge is 2.38. The van der Waals surface area contributed by atoms with E-state index in [9.17, 15) is 4.79 Å². The van der Waals surface area contributed by atoms with Crippen LogP contribution in [0.1, 0.15) is 25.8 Å². The van der Waals surface area contributed by atoms with Crippen LogP contribution in [0.4, 0.5) is 5.82 Å². The molecule has 4 heterocycles. The van der Waals surface area contributed by atoms with Gasteiger partial charge in [0.25, 0.3) is 0 Å². The lowest BCUT2D eigenvalue weighted by Crippen LogP contribution is -2.43. The Kier molecular flexibility index (Phi) is 4.08. The molecule has 0 spiro atoms. The minimum atomic E-state index is -0.649. The molecule has 0 bridgehead atoms. The second-order valence-electron chi connectivity index (χ2n) is 8.02. The van der Waals surface area contributed by atoms with Gasteiger partial charge in [-0.25, -0.2) is 9.50 Å². The second kappa shape index (κ2) is 6.65. The van der Waals surface area contributed by atoms with Crippen molar-refractivity contribution in [2.24, 2.45) is 0 Å². The van der Waals surface area contributed by atoms with Gasteiger partial charge in [0, 0.05) is 31.5 Å². The Balaban J connectivity index is 1.28. The highest BCUT2D eigenvalue weighted by atomic mass is 16.7. The number of carbonyl (C=O) groups is 1. The minimum Gasteiger partial charge on any atom is -0.454 e. The number of amides is 1. The van der Waals surface area contributed by atoms with Crippen LogP contribution < -0.4 is 14.8 Å². The SMILES string of the molecule is CC(C)(C(=O)N1CCC(Nc2ccc3nccn3n2)C1)c1ccc2c(c1)OCO2. The third kappa shape index (κ3) is 3.14. The zero-order chi connectivity index (χ0) is 20.0. The fraction of sp³-hybridized carbons (Fsp3) is 0.381. The number of hydrogen-bond acceptors (Lipinski definition) is 6. The van der Waals surface area contributed by atoms with E-state index in [1.54, 1.807) is 10.7 Å². The maximum absolute atomic E-state index is 13.3. The molecule has 8 heteroatoms. The van der Waals surface area contributed by atoms with Crippen molar-refractivity contribution in [1.82, 2.24) is 19.5 Å². The van der Waals surface area contributed by atoms with Crippen molar-refractivity contribution in [1.29, 1.82) is 0 Å². The summed E-state index contributed by atoms with van der Waals surface area (Å²) in [5.74, 6) is 2.32. The van der Waals surface area contributed by atoms with Crippen molar-refractivity contribution in [3.05, 3.63) is 48.3 Å². The predicted octanol–water partition coefficient (Wildman–Crippen LogP) is 2.45. The van der Waals surface area contributed by atoms with E-state index in [1.165, 1.54) is 0 Å². The summed E-state index contributed by atoms with van der Waals surface area (Å²) in [4.78, 5) is 19.4. The van der Waals surface area contributed by atoms with Gasteiger partial charge in [0.15, 0.2) is 17.1 Å². The Morgan fingerprint density at radius 3 is 2.97 bits per heavy atom. The lowest BCUT2D eigenvalue weighted by atomic mass is 9.83. The van der Waals surface area contributed by atoms with E-state index in [2.05, 4.69) is 15.4 Å². The maximum Gasteiger partial charge on any atom is 0.232 e. The third-order valence-electron chi connectivity index (χ3n) is 5.71. The molecule has 0 saturated carbocycles. The number of aromatic nitrogens is 3. The predicted molar refractivity (Wildman–Crippen MR) is 107 cm³/mol. The fourth-order valence-electron chi connectivity index (χ4n) is 3.97. The molecule has 1 atom stereocenters. The van der Waals surface area contributed by atoms with Gasteiger partial charge in [0.1, 0.15) is 5.82 Å². The summed E-state index contributed by atoms with van der Waals surface area (Å²) in [6.07, 6.45) is 4.42. The maximum atomic E-state index is 13.3. The summed E-state index contributed by atoms with van der Waals surface area (Å²) >= 11 is 0. The molecule has 29 heavy (non-hydrogen) atoms. The molecule has 0 aliphatic carbocycles. The molecule has 1 saturated heterocycles. The number of likely N-dealkylation sites (tertiary alicyclic amines) is 1. The highest BCUT2D eigenvalue weighted by Crippen LogP contribution is 2.37. The number of benzene rings is 1.